The molecule has 0 fully saturated rings. The Balaban J connectivity index is 2.01. The van der Waals surface area contributed by atoms with E-state index in [1.165, 1.54) is 0 Å². The molecule has 5 nitrogen and oxygen atoms in total. The van der Waals surface area contributed by atoms with Gasteiger partial charge in [0.15, 0.2) is 12.9 Å². The van der Waals surface area contributed by atoms with Crippen molar-refractivity contribution in [2.45, 2.75) is 13.8 Å². The molecule has 1 N–H and O–H groups in total. The van der Waals surface area contributed by atoms with Gasteiger partial charge < -0.3 is 4.74 Å². The minimum absolute atomic E-state index is 0.0898. The van der Waals surface area contributed by atoms with E-state index in [2.05, 4.69) is 28.0 Å². The zero-order valence-corrected chi connectivity index (χ0v) is 13.9. The molecule has 1 aromatic carbocycles. The second-order valence-electron chi connectivity index (χ2n) is 4.53. The molecule has 0 atom stereocenters. The lowest BCUT2D eigenvalue weighted by Gasteiger charge is -2.12. The van der Waals surface area contributed by atoms with E-state index in [1.54, 1.807) is 17.7 Å². The van der Waals surface area contributed by atoms with Crippen LogP contribution in [0.2, 0.25) is 0 Å². The number of aryl methyl sites for hydroxylation is 1. The van der Waals surface area contributed by atoms with Crippen molar-refractivity contribution in [2.75, 3.05) is 12.0 Å². The van der Waals surface area contributed by atoms with Crippen LogP contribution in [0.4, 0.5) is 0 Å². The molecule has 110 valence electrons. The summed E-state index contributed by atoms with van der Waals surface area (Å²) < 4.78 is 8.01. The van der Waals surface area contributed by atoms with Crippen molar-refractivity contribution in [3.63, 3.8) is 0 Å². The molecule has 0 saturated heterocycles. The zero-order valence-electron chi connectivity index (χ0n) is 11.7. The van der Waals surface area contributed by atoms with Gasteiger partial charge in [0.1, 0.15) is 5.75 Å². The second kappa shape index (κ2) is 6.75. The molecule has 0 unspecified atom stereocenters. The van der Waals surface area contributed by atoms with E-state index in [-0.39, 0.29) is 12.5 Å². The van der Waals surface area contributed by atoms with Gasteiger partial charge in [-0.2, -0.15) is 0 Å². The van der Waals surface area contributed by atoms with Crippen molar-refractivity contribution in [2.24, 2.45) is 0 Å². The fraction of sp³-hybridized carbons (Fsp3) is 0.200. The average Bonchev–Trinajstić information content (AvgIpc) is 2.74. The number of ether oxygens (including phenoxy) is 1. The van der Waals surface area contributed by atoms with E-state index < -0.39 is 0 Å². The number of halogens is 1. The normalized spacial score (nSPS) is 10.2. The molecule has 0 aliphatic heterocycles. The van der Waals surface area contributed by atoms with E-state index in [9.17, 15) is 9.59 Å². The third-order valence-corrected chi connectivity index (χ3v) is 3.92. The maximum absolute atomic E-state index is 12.0. The van der Waals surface area contributed by atoms with E-state index >= 15 is 0 Å². The molecular formula is C15H15IN2O3. The highest BCUT2D eigenvalue weighted by atomic mass is 127. The van der Waals surface area contributed by atoms with Gasteiger partial charge in [-0.1, -0.05) is 12.1 Å². The average molecular weight is 398 g/mol. The molecule has 6 heteroatoms. The van der Waals surface area contributed by atoms with Gasteiger partial charge in [-0.3, -0.25) is 19.7 Å². The van der Waals surface area contributed by atoms with Gasteiger partial charge in [-0.05, 0) is 54.6 Å². The summed E-state index contributed by atoms with van der Waals surface area (Å²) in [7, 11) is 0. The zero-order chi connectivity index (χ0) is 15.4. The van der Waals surface area contributed by atoms with Crippen LogP contribution in [0.25, 0.3) is 0 Å². The van der Waals surface area contributed by atoms with Crippen molar-refractivity contribution in [1.29, 1.82) is 0 Å². The van der Waals surface area contributed by atoms with Crippen LogP contribution in [0.5, 0.6) is 5.75 Å². The Kier molecular flexibility index (Phi) is 5.00. The van der Waals surface area contributed by atoms with Crippen LogP contribution in [0.15, 0.2) is 30.3 Å². The molecule has 0 aliphatic rings. The van der Waals surface area contributed by atoms with Crippen LogP contribution in [0.3, 0.4) is 0 Å². The maximum atomic E-state index is 12.0. The SMILES string of the molecule is Cc1cc(C=O)c(C)n1NC(=O)COc1ccccc1I. The summed E-state index contributed by atoms with van der Waals surface area (Å²) in [5.74, 6) is 0.386. The lowest BCUT2D eigenvalue weighted by Crippen LogP contribution is -2.29. The Hall–Kier alpha value is -1.83. The first kappa shape index (κ1) is 15.6. The van der Waals surface area contributed by atoms with Gasteiger partial charge in [0.25, 0.3) is 5.91 Å². The molecule has 1 aromatic heterocycles. The number of benzene rings is 1. The standard InChI is InChI=1S/C15H15IN2O3/c1-10-7-12(8-19)11(2)18(10)17-15(20)9-21-14-6-4-3-5-13(14)16/h3-8H,9H2,1-2H3,(H,17,20). The molecule has 2 rings (SSSR count). The van der Waals surface area contributed by atoms with Crippen LogP contribution in [0, 0.1) is 17.4 Å². The second-order valence-corrected chi connectivity index (χ2v) is 5.70. The number of hydrogen-bond donors (Lipinski definition) is 1. The number of aldehydes is 1. The fourth-order valence-electron chi connectivity index (χ4n) is 1.94. The molecule has 1 heterocycles. The first-order valence-corrected chi connectivity index (χ1v) is 7.42. The van der Waals surface area contributed by atoms with Gasteiger partial charge in [0, 0.05) is 17.0 Å². The minimum Gasteiger partial charge on any atom is -0.483 e. The third kappa shape index (κ3) is 3.63. The summed E-state index contributed by atoms with van der Waals surface area (Å²) in [6, 6.07) is 9.20. The number of nitrogens with zero attached hydrogens (tertiary/aromatic N) is 1. The van der Waals surface area contributed by atoms with Crippen LogP contribution in [-0.2, 0) is 4.79 Å². The van der Waals surface area contributed by atoms with Gasteiger partial charge >= 0.3 is 0 Å². The fourth-order valence-corrected chi connectivity index (χ4v) is 2.48. The van der Waals surface area contributed by atoms with E-state index in [0.717, 1.165) is 15.6 Å². The predicted octanol–water partition coefficient (Wildman–Crippen LogP) is 2.67. The summed E-state index contributed by atoms with van der Waals surface area (Å²) in [6.45, 7) is 3.51. The molecular weight excluding hydrogens is 383 g/mol. The highest BCUT2D eigenvalue weighted by Gasteiger charge is 2.11. The van der Waals surface area contributed by atoms with E-state index in [1.807, 2.05) is 31.2 Å². The maximum Gasteiger partial charge on any atom is 0.276 e. The largest absolute Gasteiger partial charge is 0.483 e. The molecule has 0 spiro atoms. The Morgan fingerprint density at radius 2 is 2.10 bits per heavy atom. The molecule has 0 aliphatic carbocycles. The van der Waals surface area contributed by atoms with Crippen molar-refractivity contribution in [3.8, 4) is 5.75 Å². The number of rotatable bonds is 5. The number of carbonyl (C=O) groups excluding carboxylic acids is 2. The predicted molar refractivity (Wildman–Crippen MR) is 88.3 cm³/mol. The van der Waals surface area contributed by atoms with Gasteiger partial charge in [-0.15, -0.1) is 0 Å². The van der Waals surface area contributed by atoms with Crippen LogP contribution >= 0.6 is 22.6 Å². The number of hydrogen-bond acceptors (Lipinski definition) is 3. The molecule has 0 bridgehead atoms. The Bertz CT molecular complexity index is 680. The number of amides is 1. The molecule has 0 saturated carbocycles. The van der Waals surface area contributed by atoms with Gasteiger partial charge in [0.05, 0.1) is 3.57 Å². The number of para-hydroxylation sites is 1. The smallest absolute Gasteiger partial charge is 0.276 e. The van der Waals surface area contributed by atoms with Crippen molar-refractivity contribution < 1.29 is 14.3 Å². The van der Waals surface area contributed by atoms with Crippen molar-refractivity contribution >= 4 is 34.8 Å². The van der Waals surface area contributed by atoms with E-state index in [0.29, 0.717) is 17.0 Å². The number of nitrogens with one attached hydrogen (secondary N) is 1. The third-order valence-electron chi connectivity index (χ3n) is 3.03. The summed E-state index contributed by atoms with van der Waals surface area (Å²) >= 11 is 2.15. The van der Waals surface area contributed by atoms with E-state index in [4.69, 9.17) is 4.74 Å². The summed E-state index contributed by atoms with van der Waals surface area (Å²) in [5.41, 5.74) is 4.76. The lowest BCUT2D eigenvalue weighted by atomic mass is 10.3. The van der Waals surface area contributed by atoms with Crippen LogP contribution in [0.1, 0.15) is 21.7 Å². The summed E-state index contributed by atoms with van der Waals surface area (Å²) in [6.07, 6.45) is 0.772. The molecule has 2 aromatic rings. The van der Waals surface area contributed by atoms with Gasteiger partial charge in [-0.25, -0.2) is 0 Å². The van der Waals surface area contributed by atoms with Crippen LogP contribution in [-0.4, -0.2) is 23.5 Å². The first-order valence-electron chi connectivity index (χ1n) is 6.34. The lowest BCUT2D eigenvalue weighted by molar-refractivity contribution is -0.119. The van der Waals surface area contributed by atoms with Gasteiger partial charge in [0.2, 0.25) is 0 Å². The monoisotopic (exact) mass is 398 g/mol. The Morgan fingerprint density at radius 3 is 2.71 bits per heavy atom. The topological polar surface area (TPSA) is 60.3 Å². The van der Waals surface area contributed by atoms with Crippen LogP contribution < -0.4 is 10.2 Å². The molecule has 0 radical (unpaired) electrons. The molecule has 21 heavy (non-hydrogen) atoms. The Morgan fingerprint density at radius 1 is 1.38 bits per heavy atom. The number of aromatic nitrogens is 1. The van der Waals surface area contributed by atoms with Crippen molar-refractivity contribution in [3.05, 3.63) is 50.9 Å². The highest BCUT2D eigenvalue weighted by Crippen LogP contribution is 2.19. The minimum atomic E-state index is -0.283. The quantitative estimate of drug-likeness (QED) is 0.623. The Labute approximate surface area is 136 Å². The van der Waals surface area contributed by atoms with Crippen molar-refractivity contribution in [1.82, 2.24) is 4.68 Å². The summed E-state index contributed by atoms with van der Waals surface area (Å²) in [4.78, 5) is 22.8. The number of carbonyl (C=O) groups is 2. The summed E-state index contributed by atoms with van der Waals surface area (Å²) in [5, 5.41) is 0. The first-order chi connectivity index (χ1) is 10.0. The highest BCUT2D eigenvalue weighted by molar-refractivity contribution is 14.1. The molecule has 1 amide bonds.